The van der Waals surface area contributed by atoms with Crippen LogP contribution in [0.3, 0.4) is 0 Å². The first kappa shape index (κ1) is 17.6. The molecule has 1 N–H and O–H groups in total. The van der Waals surface area contributed by atoms with Crippen LogP contribution in [0, 0.1) is 0 Å². The van der Waals surface area contributed by atoms with Crippen LogP contribution in [0.5, 0.6) is 0 Å². The molecule has 0 saturated carbocycles. The van der Waals surface area contributed by atoms with Crippen LogP contribution in [0.25, 0.3) is 11.4 Å². The third-order valence-electron chi connectivity index (χ3n) is 4.69. The number of benzene rings is 1. The monoisotopic (exact) mass is 383 g/mol. The highest BCUT2D eigenvalue weighted by Crippen LogP contribution is 2.31. The number of anilines is 1. The molecule has 27 heavy (non-hydrogen) atoms. The molecular weight excluding hydrogens is 366 g/mol. The van der Waals surface area contributed by atoms with E-state index in [9.17, 15) is 9.90 Å². The number of aliphatic hydroxyl groups is 1. The van der Waals surface area contributed by atoms with E-state index in [1.165, 1.54) is 6.33 Å². The Labute approximate surface area is 160 Å². The summed E-state index contributed by atoms with van der Waals surface area (Å²) in [6, 6.07) is 11.1. The molecule has 0 aliphatic carbocycles. The highest BCUT2D eigenvalue weighted by molar-refractivity contribution is 6.32. The smallest absolute Gasteiger partial charge is 0.274 e. The number of fused-ring (bicyclic) bond motifs is 1. The molecule has 0 bridgehead atoms. The average Bonchev–Trinajstić information content (AvgIpc) is 2.73. The van der Waals surface area contributed by atoms with Crippen molar-refractivity contribution in [2.45, 2.75) is 19.0 Å². The minimum absolute atomic E-state index is 0.0413. The van der Waals surface area contributed by atoms with Crippen LogP contribution in [0.2, 0.25) is 5.02 Å². The normalized spacial score (nSPS) is 14.7. The number of halogens is 1. The summed E-state index contributed by atoms with van der Waals surface area (Å²) in [4.78, 5) is 27.6. The van der Waals surface area contributed by atoms with Gasteiger partial charge in [-0.15, -0.1) is 0 Å². The first-order valence-electron chi connectivity index (χ1n) is 8.70. The number of aromatic nitrogens is 4. The maximum Gasteiger partial charge on any atom is 0.274 e. The molecule has 4 rings (SSSR count). The summed E-state index contributed by atoms with van der Waals surface area (Å²) in [5.74, 6) is 0.493. The van der Waals surface area contributed by atoms with Gasteiger partial charge in [0, 0.05) is 19.3 Å². The standard InChI is InChI=1S/C19H18ClN5O2/c20-16-17(14-7-8-21-12-22-14)23-19-24(9-4-10-25(19)18(16)27)15(11-26)13-5-2-1-3-6-13/h1-3,5-8,12,15,26H,4,9-11H2. The molecular formula is C19H18ClN5O2. The van der Waals surface area contributed by atoms with Crippen LogP contribution < -0.4 is 10.5 Å². The van der Waals surface area contributed by atoms with Crippen molar-refractivity contribution >= 4 is 17.5 Å². The quantitative estimate of drug-likeness (QED) is 0.744. The second-order valence-corrected chi connectivity index (χ2v) is 6.66. The molecule has 3 aromatic rings. The summed E-state index contributed by atoms with van der Waals surface area (Å²) >= 11 is 6.32. The summed E-state index contributed by atoms with van der Waals surface area (Å²) in [7, 11) is 0. The van der Waals surface area contributed by atoms with Crippen molar-refractivity contribution in [1.29, 1.82) is 0 Å². The van der Waals surface area contributed by atoms with Crippen molar-refractivity contribution in [3.63, 3.8) is 0 Å². The van der Waals surface area contributed by atoms with Gasteiger partial charge < -0.3 is 10.0 Å². The third kappa shape index (κ3) is 3.20. The van der Waals surface area contributed by atoms with Gasteiger partial charge in [-0.3, -0.25) is 9.36 Å². The summed E-state index contributed by atoms with van der Waals surface area (Å²) in [6.07, 6.45) is 3.74. The van der Waals surface area contributed by atoms with E-state index < -0.39 is 0 Å². The molecule has 8 heteroatoms. The van der Waals surface area contributed by atoms with E-state index >= 15 is 0 Å². The maximum absolute atomic E-state index is 12.9. The molecule has 0 saturated heterocycles. The minimum atomic E-state index is -0.302. The molecule has 0 spiro atoms. The van der Waals surface area contributed by atoms with Crippen molar-refractivity contribution in [3.8, 4) is 11.4 Å². The molecule has 1 aromatic carbocycles. The molecule has 2 aromatic heterocycles. The van der Waals surface area contributed by atoms with Crippen LogP contribution in [0.4, 0.5) is 5.95 Å². The topological polar surface area (TPSA) is 84.1 Å². The van der Waals surface area contributed by atoms with Crippen LogP contribution in [0.15, 0.2) is 53.7 Å². The van der Waals surface area contributed by atoms with Crippen molar-refractivity contribution in [2.75, 3.05) is 18.1 Å². The van der Waals surface area contributed by atoms with Crippen molar-refractivity contribution in [1.82, 2.24) is 19.5 Å². The molecule has 7 nitrogen and oxygen atoms in total. The van der Waals surface area contributed by atoms with E-state index in [1.807, 2.05) is 35.2 Å². The van der Waals surface area contributed by atoms with E-state index in [4.69, 9.17) is 11.6 Å². The highest BCUT2D eigenvalue weighted by atomic mass is 35.5. The Kier molecular flexibility index (Phi) is 4.87. The van der Waals surface area contributed by atoms with E-state index in [0.717, 1.165) is 12.0 Å². The lowest BCUT2D eigenvalue weighted by Crippen LogP contribution is -2.42. The Morgan fingerprint density at radius 3 is 2.70 bits per heavy atom. The van der Waals surface area contributed by atoms with Crippen LogP contribution >= 0.6 is 11.6 Å². The van der Waals surface area contributed by atoms with Crippen LogP contribution in [0.1, 0.15) is 18.0 Å². The first-order chi connectivity index (χ1) is 13.2. The van der Waals surface area contributed by atoms with E-state index in [1.54, 1.807) is 16.8 Å². The van der Waals surface area contributed by atoms with E-state index in [2.05, 4.69) is 15.0 Å². The summed E-state index contributed by atoms with van der Waals surface area (Å²) in [6.45, 7) is 1.12. The molecule has 138 valence electrons. The third-order valence-corrected chi connectivity index (χ3v) is 5.03. The van der Waals surface area contributed by atoms with Crippen molar-refractivity contribution in [2.24, 2.45) is 0 Å². The fraction of sp³-hybridized carbons (Fsp3) is 0.263. The SMILES string of the molecule is O=c1c(Cl)c(-c2ccncn2)nc2n1CCCN2C(CO)c1ccccc1. The van der Waals surface area contributed by atoms with Gasteiger partial charge in [-0.2, -0.15) is 0 Å². The maximum atomic E-state index is 12.9. The second-order valence-electron chi connectivity index (χ2n) is 6.28. The predicted molar refractivity (Wildman–Crippen MR) is 103 cm³/mol. The number of hydrogen-bond acceptors (Lipinski definition) is 6. The van der Waals surface area contributed by atoms with Gasteiger partial charge in [-0.1, -0.05) is 41.9 Å². The lowest BCUT2D eigenvalue weighted by atomic mass is 10.1. The zero-order valence-corrected chi connectivity index (χ0v) is 15.3. The van der Waals surface area contributed by atoms with Gasteiger partial charge in [0.05, 0.1) is 18.3 Å². The predicted octanol–water partition coefficient (Wildman–Crippen LogP) is 2.30. The molecule has 0 amide bonds. The molecule has 1 aliphatic heterocycles. The number of aliphatic hydroxyl groups excluding tert-OH is 1. The average molecular weight is 384 g/mol. The molecule has 3 heterocycles. The minimum Gasteiger partial charge on any atom is -0.394 e. The number of hydrogen-bond donors (Lipinski definition) is 1. The second kappa shape index (κ2) is 7.46. The Balaban J connectivity index is 1.87. The zero-order chi connectivity index (χ0) is 18.8. The van der Waals surface area contributed by atoms with Crippen molar-refractivity contribution < 1.29 is 5.11 Å². The fourth-order valence-electron chi connectivity index (χ4n) is 3.39. The Bertz CT molecular complexity index is 994. The zero-order valence-electron chi connectivity index (χ0n) is 14.5. The molecule has 1 aliphatic rings. The fourth-order valence-corrected chi connectivity index (χ4v) is 3.64. The Morgan fingerprint density at radius 2 is 2.00 bits per heavy atom. The first-order valence-corrected chi connectivity index (χ1v) is 9.07. The lowest BCUT2D eigenvalue weighted by molar-refractivity contribution is 0.255. The highest BCUT2D eigenvalue weighted by Gasteiger charge is 2.29. The van der Waals surface area contributed by atoms with Crippen molar-refractivity contribution in [3.05, 3.63) is 69.9 Å². The van der Waals surface area contributed by atoms with Gasteiger partial charge in [0.2, 0.25) is 5.95 Å². The van der Waals surface area contributed by atoms with Gasteiger partial charge in [0.1, 0.15) is 17.0 Å². The molecule has 0 radical (unpaired) electrons. The van der Waals surface area contributed by atoms with Gasteiger partial charge in [0.15, 0.2) is 0 Å². The Morgan fingerprint density at radius 1 is 1.19 bits per heavy atom. The number of rotatable bonds is 4. The van der Waals surface area contributed by atoms with Crippen LogP contribution in [-0.4, -0.2) is 37.8 Å². The molecule has 1 atom stereocenters. The van der Waals surface area contributed by atoms with Crippen LogP contribution in [-0.2, 0) is 6.54 Å². The number of nitrogens with zero attached hydrogens (tertiary/aromatic N) is 5. The lowest BCUT2D eigenvalue weighted by Gasteiger charge is -2.36. The van der Waals surface area contributed by atoms with Gasteiger partial charge in [-0.05, 0) is 18.1 Å². The van der Waals surface area contributed by atoms with E-state index in [0.29, 0.717) is 30.4 Å². The largest absolute Gasteiger partial charge is 0.394 e. The summed E-state index contributed by atoms with van der Waals surface area (Å²) in [5, 5.41) is 10.1. The Hall–Kier alpha value is -2.77. The summed E-state index contributed by atoms with van der Waals surface area (Å²) < 4.78 is 1.57. The summed E-state index contributed by atoms with van der Waals surface area (Å²) in [5.41, 5.74) is 1.47. The van der Waals surface area contributed by atoms with Gasteiger partial charge >= 0.3 is 0 Å². The van der Waals surface area contributed by atoms with Gasteiger partial charge in [-0.25, -0.2) is 15.0 Å². The van der Waals surface area contributed by atoms with E-state index in [-0.39, 0.29) is 23.2 Å². The molecule has 0 fully saturated rings. The molecule has 1 unspecified atom stereocenters. The van der Waals surface area contributed by atoms with Gasteiger partial charge in [0.25, 0.3) is 5.56 Å².